The third kappa shape index (κ3) is 4.75. The molecule has 26 heavy (non-hydrogen) atoms. The maximum absolute atomic E-state index is 12.1. The molecular formula is C17H15ClN2O5S. The van der Waals surface area contributed by atoms with Crippen molar-refractivity contribution in [1.29, 1.82) is 0 Å². The van der Waals surface area contributed by atoms with Crippen molar-refractivity contribution in [2.75, 3.05) is 13.2 Å². The van der Waals surface area contributed by atoms with E-state index < -0.39 is 15.9 Å². The number of carbonyl (C=O) groups is 1. The van der Waals surface area contributed by atoms with E-state index >= 15 is 0 Å². The fourth-order valence-electron chi connectivity index (χ4n) is 2.15. The minimum absolute atomic E-state index is 0.235. The van der Waals surface area contributed by atoms with Gasteiger partial charge in [-0.05, 0) is 42.0 Å². The van der Waals surface area contributed by atoms with Crippen LogP contribution in [-0.2, 0) is 10.0 Å². The van der Waals surface area contributed by atoms with Gasteiger partial charge in [-0.3, -0.25) is 10.2 Å². The second-order valence-electron chi connectivity index (χ2n) is 5.31. The summed E-state index contributed by atoms with van der Waals surface area (Å²) in [5.41, 5.74) is 3.03. The first kappa shape index (κ1) is 18.2. The minimum atomic E-state index is -3.86. The van der Waals surface area contributed by atoms with E-state index in [1.807, 2.05) is 4.83 Å². The summed E-state index contributed by atoms with van der Waals surface area (Å²) in [6, 6.07) is 11.2. The summed E-state index contributed by atoms with van der Waals surface area (Å²) < 4.78 is 34.7. The molecule has 0 atom stereocenters. The molecule has 0 aromatic heterocycles. The van der Waals surface area contributed by atoms with Crippen LogP contribution in [0.3, 0.4) is 0 Å². The van der Waals surface area contributed by atoms with Gasteiger partial charge in [0, 0.05) is 16.0 Å². The van der Waals surface area contributed by atoms with Gasteiger partial charge in [0.15, 0.2) is 11.5 Å². The molecule has 0 radical (unpaired) electrons. The minimum Gasteiger partial charge on any atom is -0.486 e. The van der Waals surface area contributed by atoms with Gasteiger partial charge in [-0.15, -0.1) is 4.83 Å². The summed E-state index contributed by atoms with van der Waals surface area (Å²) in [6.07, 6.45) is 1.38. The number of nitrogens with one attached hydrogen (secondary N) is 2. The predicted octanol–water partition coefficient (Wildman–Crippen LogP) is 2.35. The van der Waals surface area contributed by atoms with Gasteiger partial charge >= 0.3 is 0 Å². The number of amides is 1. The third-order valence-corrected chi connectivity index (χ3v) is 4.55. The highest BCUT2D eigenvalue weighted by atomic mass is 35.5. The van der Waals surface area contributed by atoms with Crippen LogP contribution in [0.4, 0.5) is 0 Å². The fraction of sp³-hybridized carbons (Fsp3) is 0.118. The maximum atomic E-state index is 12.1. The first-order valence-electron chi connectivity index (χ1n) is 7.58. The summed E-state index contributed by atoms with van der Waals surface area (Å²) in [6.45, 7) is 0.832. The Morgan fingerprint density at radius 1 is 1.04 bits per heavy atom. The summed E-state index contributed by atoms with van der Waals surface area (Å²) in [5.74, 6) is 0.360. The van der Waals surface area contributed by atoms with Gasteiger partial charge in [-0.2, -0.15) is 0 Å². The van der Waals surface area contributed by atoms with E-state index in [1.54, 1.807) is 30.3 Å². The van der Waals surface area contributed by atoms with Crippen molar-refractivity contribution in [2.24, 2.45) is 0 Å². The van der Waals surface area contributed by atoms with Gasteiger partial charge in [-0.25, -0.2) is 8.42 Å². The number of benzene rings is 2. The van der Waals surface area contributed by atoms with E-state index in [-0.39, 0.29) is 5.56 Å². The van der Waals surface area contributed by atoms with Gasteiger partial charge in [0.1, 0.15) is 13.2 Å². The van der Waals surface area contributed by atoms with Gasteiger partial charge in [0.2, 0.25) is 0 Å². The Bertz CT molecular complexity index is 942. The Labute approximate surface area is 155 Å². The van der Waals surface area contributed by atoms with E-state index in [0.717, 1.165) is 5.41 Å². The molecule has 1 aliphatic heterocycles. The van der Waals surface area contributed by atoms with Crippen LogP contribution in [0.1, 0.15) is 15.9 Å². The van der Waals surface area contributed by atoms with Crippen molar-refractivity contribution in [1.82, 2.24) is 10.3 Å². The molecule has 2 aromatic rings. The highest BCUT2D eigenvalue weighted by molar-refractivity contribution is 7.92. The van der Waals surface area contributed by atoms with Gasteiger partial charge in [0.05, 0.1) is 0 Å². The average molecular weight is 395 g/mol. The van der Waals surface area contributed by atoms with Crippen LogP contribution < -0.4 is 19.7 Å². The van der Waals surface area contributed by atoms with Crippen LogP contribution in [0, 0.1) is 0 Å². The van der Waals surface area contributed by atoms with Crippen LogP contribution in [0.15, 0.2) is 47.9 Å². The number of rotatable bonds is 5. The molecule has 136 valence electrons. The number of halogens is 1. The molecule has 0 saturated heterocycles. The van der Waals surface area contributed by atoms with E-state index in [2.05, 4.69) is 5.43 Å². The zero-order valence-electron chi connectivity index (χ0n) is 13.4. The second-order valence-corrected chi connectivity index (χ2v) is 7.32. The topological polar surface area (TPSA) is 93.7 Å². The lowest BCUT2D eigenvalue weighted by atomic mass is 10.2. The molecule has 0 bridgehead atoms. The molecule has 1 amide bonds. The normalized spacial score (nSPS) is 13.6. The largest absolute Gasteiger partial charge is 0.486 e. The lowest BCUT2D eigenvalue weighted by Crippen LogP contribution is -2.40. The van der Waals surface area contributed by atoms with E-state index in [0.29, 0.717) is 35.3 Å². The zero-order valence-corrected chi connectivity index (χ0v) is 15.0. The van der Waals surface area contributed by atoms with Crippen molar-refractivity contribution in [3.63, 3.8) is 0 Å². The Morgan fingerprint density at radius 3 is 2.46 bits per heavy atom. The number of ether oxygens (including phenoxy) is 2. The molecule has 2 N–H and O–H groups in total. The Morgan fingerprint density at radius 2 is 1.73 bits per heavy atom. The number of fused-ring (bicyclic) bond motifs is 1. The Kier molecular flexibility index (Phi) is 5.46. The summed E-state index contributed by atoms with van der Waals surface area (Å²) >= 11 is 5.77. The molecule has 1 heterocycles. The van der Waals surface area contributed by atoms with Crippen molar-refractivity contribution in [2.45, 2.75) is 0 Å². The van der Waals surface area contributed by atoms with Crippen LogP contribution in [-0.4, -0.2) is 27.5 Å². The van der Waals surface area contributed by atoms with Crippen LogP contribution in [0.2, 0.25) is 5.02 Å². The van der Waals surface area contributed by atoms with Crippen molar-refractivity contribution < 1.29 is 22.7 Å². The van der Waals surface area contributed by atoms with E-state index in [4.69, 9.17) is 21.1 Å². The molecule has 3 rings (SSSR count). The molecule has 1 aliphatic rings. The second kappa shape index (κ2) is 7.77. The highest BCUT2D eigenvalue weighted by Crippen LogP contribution is 2.30. The zero-order chi connectivity index (χ0) is 18.6. The Balaban J connectivity index is 1.62. The molecule has 7 nitrogen and oxygen atoms in total. The Hall–Kier alpha value is -2.55. The molecule has 2 aromatic carbocycles. The lowest BCUT2D eigenvalue weighted by molar-refractivity contribution is 0.0944. The summed E-state index contributed by atoms with van der Waals surface area (Å²) in [7, 11) is -3.86. The smallest absolute Gasteiger partial charge is 0.266 e. The number of hydrogen-bond donors (Lipinski definition) is 2. The first-order chi connectivity index (χ1) is 12.4. The molecule has 9 heteroatoms. The van der Waals surface area contributed by atoms with Crippen molar-refractivity contribution in [3.8, 4) is 11.5 Å². The molecule has 0 unspecified atom stereocenters. The average Bonchev–Trinajstić information content (AvgIpc) is 2.65. The molecular weight excluding hydrogens is 380 g/mol. The molecule has 0 spiro atoms. The van der Waals surface area contributed by atoms with Gasteiger partial charge in [0.25, 0.3) is 15.9 Å². The number of hydrazine groups is 1. The molecule has 0 fully saturated rings. The third-order valence-electron chi connectivity index (χ3n) is 3.42. The first-order valence-corrected chi connectivity index (χ1v) is 9.51. The summed E-state index contributed by atoms with van der Waals surface area (Å²) in [4.78, 5) is 14.1. The quantitative estimate of drug-likeness (QED) is 0.759. The number of hydrogen-bond acceptors (Lipinski definition) is 5. The van der Waals surface area contributed by atoms with Crippen molar-refractivity contribution in [3.05, 3.63) is 64.0 Å². The SMILES string of the molecule is O=C(NNS(=O)(=O)/C=C/c1ccc(Cl)cc1)c1ccc2c(c1)OCCO2. The monoisotopic (exact) mass is 394 g/mol. The van der Waals surface area contributed by atoms with Crippen molar-refractivity contribution >= 4 is 33.6 Å². The van der Waals surface area contributed by atoms with E-state index in [1.165, 1.54) is 18.2 Å². The number of carbonyl (C=O) groups excluding carboxylic acids is 1. The lowest BCUT2D eigenvalue weighted by Gasteiger charge is -2.18. The van der Waals surface area contributed by atoms with Crippen LogP contribution >= 0.6 is 11.6 Å². The van der Waals surface area contributed by atoms with Crippen LogP contribution in [0.5, 0.6) is 11.5 Å². The summed E-state index contributed by atoms with van der Waals surface area (Å²) in [5, 5.41) is 1.50. The molecule has 0 saturated carbocycles. The van der Waals surface area contributed by atoms with E-state index in [9.17, 15) is 13.2 Å². The predicted molar refractivity (Wildman–Crippen MR) is 97.4 cm³/mol. The fourth-order valence-corrected chi connectivity index (χ4v) is 2.92. The van der Waals surface area contributed by atoms with Gasteiger partial charge in [-0.1, -0.05) is 23.7 Å². The number of sulfonamides is 1. The standard InChI is InChI=1S/C17H15ClN2O5S/c18-14-4-1-12(2-5-14)7-10-26(22,23)20-19-17(21)13-3-6-15-16(11-13)25-9-8-24-15/h1-7,10-11,20H,8-9H2,(H,19,21)/b10-7+. The maximum Gasteiger partial charge on any atom is 0.266 e. The van der Waals surface area contributed by atoms with Crippen LogP contribution in [0.25, 0.3) is 6.08 Å². The highest BCUT2D eigenvalue weighted by Gasteiger charge is 2.16. The molecule has 0 aliphatic carbocycles. The van der Waals surface area contributed by atoms with Gasteiger partial charge < -0.3 is 9.47 Å².